The number of hydrogen-bond acceptors (Lipinski definition) is 3. The summed E-state index contributed by atoms with van der Waals surface area (Å²) in [7, 11) is 0. The number of benzene rings is 1. The molecule has 1 aromatic carbocycles. The predicted octanol–water partition coefficient (Wildman–Crippen LogP) is 1.83. The van der Waals surface area contributed by atoms with Gasteiger partial charge in [0.25, 0.3) is 5.91 Å². The molecule has 0 bridgehead atoms. The summed E-state index contributed by atoms with van der Waals surface area (Å²) >= 11 is 0. The number of nitrogens with one attached hydrogen (secondary N) is 2. The van der Waals surface area contributed by atoms with Crippen molar-refractivity contribution in [2.24, 2.45) is 0 Å². The molecule has 1 aromatic heterocycles. The highest BCUT2D eigenvalue weighted by atomic mass is 19.1. The van der Waals surface area contributed by atoms with Crippen molar-refractivity contribution in [3.8, 4) is 0 Å². The predicted molar refractivity (Wildman–Crippen MR) is 72.4 cm³/mol. The van der Waals surface area contributed by atoms with Gasteiger partial charge in [0.05, 0.1) is 17.4 Å². The van der Waals surface area contributed by atoms with Gasteiger partial charge in [-0.15, -0.1) is 0 Å². The fourth-order valence-corrected chi connectivity index (χ4v) is 2.84. The van der Waals surface area contributed by atoms with Crippen LogP contribution in [0.25, 0.3) is 11.0 Å². The lowest BCUT2D eigenvalue weighted by Gasteiger charge is -2.25. The number of carbonyl (C=O) groups excluding carboxylic acids is 1. The molecule has 6 nitrogen and oxygen atoms in total. The number of rotatable bonds is 3. The van der Waals surface area contributed by atoms with E-state index < -0.39 is 23.2 Å². The highest BCUT2D eigenvalue weighted by Crippen LogP contribution is 2.30. The Morgan fingerprint density at radius 1 is 1.33 bits per heavy atom. The van der Waals surface area contributed by atoms with Gasteiger partial charge >= 0.3 is 5.97 Å². The zero-order chi connectivity index (χ0) is 15.0. The number of aromatic nitrogens is 2. The normalized spacial score (nSPS) is 17.0. The van der Waals surface area contributed by atoms with Crippen LogP contribution in [0.5, 0.6) is 0 Å². The highest BCUT2D eigenvalue weighted by Gasteiger charge is 2.43. The van der Waals surface area contributed by atoms with E-state index in [1.165, 1.54) is 12.4 Å². The number of halogens is 1. The van der Waals surface area contributed by atoms with Gasteiger partial charge < -0.3 is 15.4 Å². The van der Waals surface area contributed by atoms with E-state index in [9.17, 15) is 19.1 Å². The van der Waals surface area contributed by atoms with E-state index in [-0.39, 0.29) is 5.56 Å². The molecule has 0 unspecified atom stereocenters. The number of H-pyrrole nitrogens is 1. The molecule has 1 aliphatic carbocycles. The van der Waals surface area contributed by atoms with Crippen LogP contribution < -0.4 is 5.32 Å². The molecule has 110 valence electrons. The zero-order valence-corrected chi connectivity index (χ0v) is 11.1. The first kappa shape index (κ1) is 13.5. The fraction of sp³-hybridized carbons (Fsp3) is 0.357. The number of carboxylic acid groups (broad SMARTS) is 1. The number of fused-ring (bicyclic) bond motifs is 1. The minimum absolute atomic E-state index is 0.0405. The molecule has 0 atom stereocenters. The summed E-state index contributed by atoms with van der Waals surface area (Å²) in [6.07, 6.45) is 3.62. The first-order chi connectivity index (χ1) is 10.0. The summed E-state index contributed by atoms with van der Waals surface area (Å²) in [5.41, 5.74) is -0.492. The second-order valence-corrected chi connectivity index (χ2v) is 5.30. The van der Waals surface area contributed by atoms with E-state index in [1.807, 2.05) is 0 Å². The van der Waals surface area contributed by atoms with Crippen molar-refractivity contribution < 1.29 is 19.1 Å². The van der Waals surface area contributed by atoms with Crippen LogP contribution in [0.3, 0.4) is 0 Å². The van der Waals surface area contributed by atoms with Gasteiger partial charge in [-0.2, -0.15) is 0 Å². The number of aliphatic carboxylic acids is 1. The maximum absolute atomic E-state index is 13.6. The molecule has 1 saturated carbocycles. The molecular formula is C14H14FN3O3. The van der Waals surface area contributed by atoms with Crippen LogP contribution in [0.15, 0.2) is 18.5 Å². The van der Waals surface area contributed by atoms with Gasteiger partial charge in [0, 0.05) is 0 Å². The Morgan fingerprint density at radius 2 is 2.05 bits per heavy atom. The average Bonchev–Trinajstić information content (AvgIpc) is 3.06. The van der Waals surface area contributed by atoms with E-state index in [4.69, 9.17) is 0 Å². The molecule has 2 aromatic rings. The van der Waals surface area contributed by atoms with Crippen molar-refractivity contribution in [1.29, 1.82) is 0 Å². The first-order valence-corrected chi connectivity index (χ1v) is 6.70. The standard InChI is InChI=1S/C14H14FN3O3/c15-8-5-9(11-10(6-8)16-7-17-11)12(19)18-14(13(20)21)3-1-2-4-14/h5-7H,1-4H2,(H,16,17)(H,18,19)(H,20,21). The Hall–Kier alpha value is -2.44. The second kappa shape index (κ2) is 4.83. The quantitative estimate of drug-likeness (QED) is 0.804. The van der Waals surface area contributed by atoms with Crippen LogP contribution in [-0.2, 0) is 4.79 Å². The number of amides is 1. The van der Waals surface area contributed by atoms with Crippen LogP contribution in [0.1, 0.15) is 36.0 Å². The fourth-order valence-electron chi connectivity index (χ4n) is 2.84. The van der Waals surface area contributed by atoms with Gasteiger partial charge in [-0.1, -0.05) is 12.8 Å². The Labute approximate surface area is 119 Å². The van der Waals surface area contributed by atoms with Crippen LogP contribution in [0.2, 0.25) is 0 Å². The Balaban J connectivity index is 1.97. The minimum Gasteiger partial charge on any atom is -0.480 e. The monoisotopic (exact) mass is 291 g/mol. The minimum atomic E-state index is -1.26. The molecule has 3 rings (SSSR count). The molecule has 1 amide bonds. The molecule has 0 saturated heterocycles. The average molecular weight is 291 g/mol. The van der Waals surface area contributed by atoms with Gasteiger partial charge in [0.2, 0.25) is 0 Å². The number of nitrogens with zero attached hydrogens (tertiary/aromatic N) is 1. The number of carbonyl (C=O) groups is 2. The topological polar surface area (TPSA) is 95.1 Å². The summed E-state index contributed by atoms with van der Waals surface area (Å²) in [6.45, 7) is 0. The molecule has 3 N–H and O–H groups in total. The third kappa shape index (κ3) is 2.24. The molecule has 1 fully saturated rings. The Bertz CT molecular complexity index is 719. The highest BCUT2D eigenvalue weighted by molar-refractivity contribution is 6.06. The second-order valence-electron chi connectivity index (χ2n) is 5.30. The van der Waals surface area contributed by atoms with Crippen molar-refractivity contribution in [3.63, 3.8) is 0 Å². The molecule has 21 heavy (non-hydrogen) atoms. The van der Waals surface area contributed by atoms with Crippen LogP contribution >= 0.6 is 0 Å². The van der Waals surface area contributed by atoms with E-state index in [2.05, 4.69) is 15.3 Å². The number of carboxylic acids is 1. The van der Waals surface area contributed by atoms with Gasteiger partial charge in [-0.05, 0) is 25.0 Å². The maximum Gasteiger partial charge on any atom is 0.329 e. The van der Waals surface area contributed by atoms with Crippen molar-refractivity contribution in [2.45, 2.75) is 31.2 Å². The molecule has 1 heterocycles. The Morgan fingerprint density at radius 3 is 2.71 bits per heavy atom. The summed E-state index contributed by atoms with van der Waals surface area (Å²) in [5.74, 6) is -2.24. The van der Waals surface area contributed by atoms with Crippen molar-refractivity contribution in [1.82, 2.24) is 15.3 Å². The summed E-state index contributed by atoms with van der Waals surface area (Å²) in [5, 5.41) is 11.9. The van der Waals surface area contributed by atoms with Crippen molar-refractivity contribution in [3.05, 3.63) is 29.8 Å². The van der Waals surface area contributed by atoms with Crippen molar-refractivity contribution >= 4 is 22.9 Å². The van der Waals surface area contributed by atoms with Gasteiger partial charge in [-0.3, -0.25) is 4.79 Å². The molecule has 7 heteroatoms. The van der Waals surface area contributed by atoms with E-state index in [0.29, 0.717) is 23.9 Å². The third-order valence-electron chi connectivity index (χ3n) is 3.95. The zero-order valence-electron chi connectivity index (χ0n) is 11.1. The SMILES string of the molecule is O=C(NC1(C(=O)O)CCCC1)c1cc(F)cc2[nH]cnc12. The molecule has 0 spiro atoms. The van der Waals surface area contributed by atoms with Crippen LogP contribution in [-0.4, -0.2) is 32.5 Å². The lowest BCUT2D eigenvalue weighted by molar-refractivity contribution is -0.144. The molecule has 1 aliphatic rings. The lowest BCUT2D eigenvalue weighted by atomic mass is 9.97. The lowest BCUT2D eigenvalue weighted by Crippen LogP contribution is -2.52. The third-order valence-corrected chi connectivity index (χ3v) is 3.95. The van der Waals surface area contributed by atoms with Crippen molar-refractivity contribution in [2.75, 3.05) is 0 Å². The molecule has 0 radical (unpaired) electrons. The van der Waals surface area contributed by atoms with E-state index >= 15 is 0 Å². The number of hydrogen-bond donors (Lipinski definition) is 3. The largest absolute Gasteiger partial charge is 0.480 e. The van der Waals surface area contributed by atoms with Gasteiger partial charge in [-0.25, -0.2) is 14.2 Å². The van der Waals surface area contributed by atoms with E-state index in [1.54, 1.807) is 0 Å². The molecule has 0 aliphatic heterocycles. The summed E-state index contributed by atoms with van der Waals surface area (Å²) in [6, 6.07) is 2.31. The maximum atomic E-state index is 13.6. The summed E-state index contributed by atoms with van der Waals surface area (Å²) in [4.78, 5) is 30.6. The first-order valence-electron chi connectivity index (χ1n) is 6.70. The van der Waals surface area contributed by atoms with Gasteiger partial charge in [0.15, 0.2) is 0 Å². The summed E-state index contributed by atoms with van der Waals surface area (Å²) < 4.78 is 13.6. The van der Waals surface area contributed by atoms with Gasteiger partial charge in [0.1, 0.15) is 16.9 Å². The van der Waals surface area contributed by atoms with Crippen LogP contribution in [0.4, 0.5) is 4.39 Å². The number of imidazole rings is 1. The number of aromatic amines is 1. The molecular weight excluding hydrogens is 277 g/mol. The Kier molecular flexibility index (Phi) is 3.12. The van der Waals surface area contributed by atoms with Crippen LogP contribution in [0, 0.1) is 5.82 Å². The van der Waals surface area contributed by atoms with E-state index in [0.717, 1.165) is 18.9 Å². The smallest absolute Gasteiger partial charge is 0.329 e.